The van der Waals surface area contributed by atoms with Crippen LogP contribution in [0.3, 0.4) is 0 Å². The van der Waals surface area contributed by atoms with E-state index >= 15 is 0 Å². The van der Waals surface area contributed by atoms with Crippen molar-refractivity contribution in [1.29, 1.82) is 0 Å². The molecule has 2 aromatic rings. The van der Waals surface area contributed by atoms with Crippen LogP contribution in [-0.2, 0) is 41.6 Å². The van der Waals surface area contributed by atoms with Gasteiger partial charge in [-0.3, -0.25) is 28.8 Å². The number of nitrogens with one attached hydrogen (secondary N) is 2. The number of amides is 5. The van der Waals surface area contributed by atoms with Gasteiger partial charge in [0, 0.05) is 57.5 Å². The number of hydrogen-bond donors (Lipinski definition) is 2. The zero-order valence-electron chi connectivity index (χ0n) is 37.8. The van der Waals surface area contributed by atoms with Gasteiger partial charge in [-0.05, 0) is 108 Å². The smallest absolute Gasteiger partial charge is 0.245 e. The third-order valence-electron chi connectivity index (χ3n) is 14.5. The topological polar surface area (TPSA) is 139 Å². The lowest BCUT2D eigenvalue weighted by atomic mass is 9.90. The van der Waals surface area contributed by atoms with Crippen LogP contribution < -0.4 is 10.6 Å². The highest BCUT2D eigenvalue weighted by molar-refractivity contribution is 5.94. The van der Waals surface area contributed by atoms with Crippen molar-refractivity contribution in [2.75, 3.05) is 46.3 Å². The molecular weight excluding hydrogens is 781 g/mol. The summed E-state index contributed by atoms with van der Waals surface area (Å²) >= 11 is 0. The zero-order chi connectivity index (χ0) is 44.2. The van der Waals surface area contributed by atoms with Gasteiger partial charge in [0.25, 0.3) is 0 Å². The molecule has 0 aliphatic carbocycles. The molecule has 0 aromatic heterocycles. The number of rotatable bonds is 20. The van der Waals surface area contributed by atoms with Crippen LogP contribution in [0.15, 0.2) is 60.7 Å². The van der Waals surface area contributed by atoms with Gasteiger partial charge in [-0.2, -0.15) is 0 Å². The van der Waals surface area contributed by atoms with Crippen LogP contribution in [-0.4, -0.2) is 125 Å². The summed E-state index contributed by atoms with van der Waals surface area (Å²) in [6.45, 7) is 9.12. The van der Waals surface area contributed by atoms with Crippen molar-refractivity contribution in [3.05, 3.63) is 71.8 Å². The van der Waals surface area contributed by atoms with Gasteiger partial charge in [-0.1, -0.05) is 87.4 Å². The van der Waals surface area contributed by atoms with Crippen LogP contribution >= 0.6 is 0 Å². The maximum atomic E-state index is 14.6. The summed E-state index contributed by atoms with van der Waals surface area (Å²) in [4.78, 5) is 91.9. The lowest BCUT2D eigenvalue weighted by molar-refractivity contribution is -0.147. The highest BCUT2D eigenvalue weighted by Crippen LogP contribution is 2.36. The molecule has 12 nitrogen and oxygen atoms in total. The van der Waals surface area contributed by atoms with E-state index < -0.39 is 30.1 Å². The predicted molar refractivity (Wildman–Crippen MR) is 241 cm³/mol. The molecule has 4 saturated heterocycles. The Balaban J connectivity index is 1.13. The lowest BCUT2D eigenvalue weighted by Crippen LogP contribution is -2.55. The van der Waals surface area contributed by atoms with Crippen molar-refractivity contribution in [1.82, 2.24) is 30.2 Å². The molecule has 4 aliphatic rings. The Morgan fingerprint density at radius 3 is 1.68 bits per heavy atom. The summed E-state index contributed by atoms with van der Waals surface area (Å²) < 4.78 is 0. The van der Waals surface area contributed by atoms with Gasteiger partial charge in [0.05, 0.1) is 6.04 Å². The maximum Gasteiger partial charge on any atom is 0.245 e. The van der Waals surface area contributed by atoms with E-state index in [0.717, 1.165) is 51.4 Å². The third-order valence-corrected chi connectivity index (χ3v) is 14.5. The Bertz CT molecular complexity index is 1690. The molecule has 4 fully saturated rings. The first-order chi connectivity index (χ1) is 30.0. The Morgan fingerprint density at radius 2 is 1.18 bits per heavy atom. The second-order valence-electron chi connectivity index (χ2n) is 18.5. The average Bonchev–Trinajstić information content (AvgIpc) is 3.84. The van der Waals surface area contributed by atoms with Gasteiger partial charge < -0.3 is 30.2 Å². The standard InChI is InChI=1S/C50H72N6O6/c1-5-35(2)46(58)52-42(48(60)56-33-27-40-22-15-29-54(50(62)45(40)56)31-25-38-18-10-7-11-19-38)23-13-12-20-41(34-43(57)36(3)51-4)47(59)55-32-26-39-21-14-28-53(49(61)44(39)55)30-24-37-16-8-6-9-17-37/h6-11,16-19,35-36,39-42,44-45,51H,5,12-15,20-34H2,1-4H3,(H,52,58)/t35-,36+,39-,40-,41-,42+,44+,45+/m1/s1. The Kier molecular flexibility index (Phi) is 17.2. The summed E-state index contributed by atoms with van der Waals surface area (Å²) in [5.74, 6) is -1.30. The molecule has 5 amide bonds. The third kappa shape index (κ3) is 11.7. The summed E-state index contributed by atoms with van der Waals surface area (Å²) in [5, 5.41) is 6.10. The number of ketones is 1. The highest BCUT2D eigenvalue weighted by Gasteiger charge is 2.48. The number of hydrogen-bond acceptors (Lipinski definition) is 7. The number of carbonyl (C=O) groups excluding carboxylic acids is 6. The van der Waals surface area contributed by atoms with E-state index in [0.29, 0.717) is 71.4 Å². The second kappa shape index (κ2) is 22.7. The van der Waals surface area contributed by atoms with Crippen molar-refractivity contribution in [3.63, 3.8) is 0 Å². The van der Waals surface area contributed by atoms with Gasteiger partial charge >= 0.3 is 0 Å². The highest BCUT2D eigenvalue weighted by atomic mass is 16.2. The maximum absolute atomic E-state index is 14.6. The van der Waals surface area contributed by atoms with E-state index in [1.54, 1.807) is 23.8 Å². The van der Waals surface area contributed by atoms with Gasteiger partial charge in [0.2, 0.25) is 29.5 Å². The Labute approximate surface area is 369 Å². The van der Waals surface area contributed by atoms with E-state index in [2.05, 4.69) is 34.9 Å². The summed E-state index contributed by atoms with van der Waals surface area (Å²) in [6.07, 6.45) is 9.14. The van der Waals surface area contributed by atoms with Crippen molar-refractivity contribution in [2.45, 2.75) is 135 Å². The van der Waals surface area contributed by atoms with Crippen LogP contribution in [0, 0.1) is 23.7 Å². The van der Waals surface area contributed by atoms with Crippen LogP contribution in [0.25, 0.3) is 0 Å². The Morgan fingerprint density at radius 1 is 0.677 bits per heavy atom. The summed E-state index contributed by atoms with van der Waals surface area (Å²) in [6, 6.07) is 18.0. The minimum absolute atomic E-state index is 0.00118. The quantitative estimate of drug-likeness (QED) is 0.170. The van der Waals surface area contributed by atoms with Crippen molar-refractivity contribution >= 4 is 35.3 Å². The number of carbonyl (C=O) groups is 6. The van der Waals surface area contributed by atoms with Crippen molar-refractivity contribution in [3.8, 4) is 0 Å². The molecule has 0 saturated carbocycles. The molecule has 12 heteroatoms. The number of fused-ring (bicyclic) bond motifs is 2. The van der Waals surface area contributed by atoms with Crippen LogP contribution in [0.4, 0.5) is 0 Å². The van der Waals surface area contributed by atoms with E-state index in [9.17, 15) is 28.8 Å². The number of benzene rings is 2. The minimum atomic E-state index is -0.811. The molecular formula is C50H72N6O6. The minimum Gasteiger partial charge on any atom is -0.344 e. The number of likely N-dealkylation sites (N-methyl/N-ethyl adjacent to an activating group) is 1. The fraction of sp³-hybridized carbons (Fsp3) is 0.640. The van der Waals surface area contributed by atoms with Gasteiger partial charge in [0.15, 0.2) is 0 Å². The number of unbranched alkanes of at least 4 members (excludes halogenated alkanes) is 1. The first-order valence-electron chi connectivity index (χ1n) is 23.8. The molecule has 2 N–H and O–H groups in total. The molecule has 4 aliphatic heterocycles. The van der Waals surface area contributed by atoms with Gasteiger partial charge in [-0.25, -0.2) is 0 Å². The molecule has 0 spiro atoms. The van der Waals surface area contributed by atoms with Gasteiger partial charge in [-0.15, -0.1) is 0 Å². The van der Waals surface area contributed by atoms with E-state index in [4.69, 9.17) is 0 Å². The molecule has 0 unspecified atom stereocenters. The molecule has 4 heterocycles. The number of Topliss-reactive ketones (excluding diaryl/α,β-unsaturated/α-hetero) is 1. The van der Waals surface area contributed by atoms with Crippen LogP contribution in [0.1, 0.15) is 109 Å². The lowest BCUT2D eigenvalue weighted by Gasteiger charge is -2.33. The molecule has 338 valence electrons. The first kappa shape index (κ1) is 46.9. The van der Waals surface area contributed by atoms with Crippen LogP contribution in [0.5, 0.6) is 0 Å². The average molecular weight is 853 g/mol. The van der Waals surface area contributed by atoms with Crippen molar-refractivity contribution < 1.29 is 28.8 Å². The second-order valence-corrected chi connectivity index (χ2v) is 18.5. The van der Waals surface area contributed by atoms with Crippen molar-refractivity contribution in [2.24, 2.45) is 23.7 Å². The predicted octanol–water partition coefficient (Wildman–Crippen LogP) is 5.43. The molecule has 8 atom stereocenters. The van der Waals surface area contributed by atoms with E-state index in [-0.39, 0.29) is 59.5 Å². The molecule has 6 rings (SSSR count). The molecule has 0 radical (unpaired) electrons. The molecule has 2 aromatic carbocycles. The summed E-state index contributed by atoms with van der Waals surface area (Å²) in [7, 11) is 1.73. The van der Waals surface area contributed by atoms with Gasteiger partial charge in [0.1, 0.15) is 23.9 Å². The fourth-order valence-electron chi connectivity index (χ4n) is 10.3. The molecule has 62 heavy (non-hydrogen) atoms. The summed E-state index contributed by atoms with van der Waals surface area (Å²) in [5.41, 5.74) is 2.34. The first-order valence-corrected chi connectivity index (χ1v) is 23.8. The number of nitrogens with zero attached hydrogens (tertiary/aromatic N) is 4. The van der Waals surface area contributed by atoms with E-state index in [1.807, 2.05) is 60.0 Å². The monoisotopic (exact) mass is 853 g/mol. The van der Waals surface area contributed by atoms with Crippen LogP contribution in [0.2, 0.25) is 0 Å². The largest absolute Gasteiger partial charge is 0.344 e. The number of likely N-dealkylation sites (tertiary alicyclic amines) is 4. The molecule has 0 bridgehead atoms. The normalized spacial score (nSPS) is 23.5. The SMILES string of the molecule is CC[C@@H](C)C(=O)N[C@@H](CCCC[C@H](CC(=O)[C@H](C)NC)C(=O)N1CC[C@H]2CCCN(CCc3ccccc3)C(=O)[C@H]21)C(=O)N1CC[C@H]2CCCN(CCc3ccccc3)C(=O)[C@H]21. The van der Waals surface area contributed by atoms with E-state index in [1.165, 1.54) is 11.1 Å². The fourth-order valence-corrected chi connectivity index (χ4v) is 10.3. The zero-order valence-corrected chi connectivity index (χ0v) is 37.8. The Hall–Kier alpha value is -4.58.